The molecule has 0 aliphatic carbocycles. The predicted octanol–water partition coefficient (Wildman–Crippen LogP) is 1.95. The van der Waals surface area contributed by atoms with Crippen molar-refractivity contribution in [3.63, 3.8) is 0 Å². The van der Waals surface area contributed by atoms with Crippen LogP contribution in [0.4, 0.5) is 0 Å². The Morgan fingerprint density at radius 1 is 1.28 bits per heavy atom. The molecule has 2 rings (SSSR count). The maximum atomic E-state index is 10.1. The topological polar surface area (TPSA) is 38.7 Å². The molecule has 2 heterocycles. The van der Waals surface area contributed by atoms with Gasteiger partial charge in [0.1, 0.15) is 8.07 Å². The second-order valence-corrected chi connectivity index (χ2v) is 11.1. The molecule has 0 radical (unpaired) electrons. The van der Waals surface area contributed by atoms with E-state index in [-0.39, 0.29) is 18.3 Å². The SMILES string of the molecule is C[Si](C)(C)C#CC[C@H]1O[C@H]2CCCO[C@@H]2C[C@@H]1O. The van der Waals surface area contributed by atoms with Crippen LogP contribution in [0.1, 0.15) is 25.7 Å². The lowest BCUT2D eigenvalue weighted by Crippen LogP contribution is -2.50. The third-order valence-electron chi connectivity index (χ3n) is 3.40. The Bertz CT molecular complexity index is 339. The minimum atomic E-state index is -1.32. The van der Waals surface area contributed by atoms with Gasteiger partial charge < -0.3 is 14.6 Å². The monoisotopic (exact) mass is 268 g/mol. The first-order chi connectivity index (χ1) is 8.46. The van der Waals surface area contributed by atoms with Crippen LogP contribution in [0.5, 0.6) is 0 Å². The van der Waals surface area contributed by atoms with Crippen LogP contribution in [0.25, 0.3) is 0 Å². The van der Waals surface area contributed by atoms with Gasteiger partial charge in [-0.2, -0.15) is 0 Å². The van der Waals surface area contributed by atoms with Crippen LogP contribution < -0.4 is 0 Å². The first-order valence-corrected chi connectivity index (χ1v) is 10.4. The van der Waals surface area contributed by atoms with Gasteiger partial charge in [-0.15, -0.1) is 11.5 Å². The van der Waals surface area contributed by atoms with E-state index in [1.54, 1.807) is 0 Å². The van der Waals surface area contributed by atoms with Crippen molar-refractivity contribution in [2.24, 2.45) is 0 Å². The van der Waals surface area contributed by atoms with Gasteiger partial charge in [0, 0.05) is 19.4 Å². The van der Waals surface area contributed by atoms with Crippen molar-refractivity contribution in [3.05, 3.63) is 0 Å². The summed E-state index contributed by atoms with van der Waals surface area (Å²) < 4.78 is 11.6. The molecule has 0 unspecified atom stereocenters. The summed E-state index contributed by atoms with van der Waals surface area (Å²) in [6.07, 6.45) is 3.16. The molecule has 0 aromatic rings. The van der Waals surface area contributed by atoms with Gasteiger partial charge in [0.15, 0.2) is 0 Å². The van der Waals surface area contributed by atoms with Gasteiger partial charge in [-0.1, -0.05) is 19.6 Å². The first-order valence-electron chi connectivity index (χ1n) is 6.91. The van der Waals surface area contributed by atoms with Crippen LogP contribution in [-0.2, 0) is 9.47 Å². The average Bonchev–Trinajstić information content (AvgIpc) is 2.28. The molecule has 0 bridgehead atoms. The zero-order valence-electron chi connectivity index (χ0n) is 11.6. The Hall–Kier alpha value is -0.343. The number of fused-ring (bicyclic) bond motifs is 1. The number of hydrogen-bond acceptors (Lipinski definition) is 3. The molecule has 0 amide bonds. The largest absolute Gasteiger partial charge is 0.390 e. The fourth-order valence-corrected chi connectivity index (χ4v) is 3.13. The van der Waals surface area contributed by atoms with E-state index in [1.165, 1.54) is 0 Å². The summed E-state index contributed by atoms with van der Waals surface area (Å²) in [5.41, 5.74) is 3.33. The lowest BCUT2D eigenvalue weighted by Gasteiger charge is -2.41. The van der Waals surface area contributed by atoms with Crippen molar-refractivity contribution in [3.8, 4) is 11.5 Å². The summed E-state index contributed by atoms with van der Waals surface area (Å²) in [5.74, 6) is 3.21. The fraction of sp³-hybridized carbons (Fsp3) is 0.857. The summed E-state index contributed by atoms with van der Waals surface area (Å²) in [6, 6.07) is 0. The molecule has 3 nitrogen and oxygen atoms in total. The van der Waals surface area contributed by atoms with Crippen LogP contribution in [0, 0.1) is 11.5 Å². The highest BCUT2D eigenvalue weighted by molar-refractivity contribution is 6.83. The number of rotatable bonds is 1. The van der Waals surface area contributed by atoms with E-state index < -0.39 is 14.2 Å². The Morgan fingerprint density at radius 3 is 2.78 bits per heavy atom. The second-order valence-electron chi connectivity index (χ2n) is 6.32. The summed E-state index contributed by atoms with van der Waals surface area (Å²) in [6.45, 7) is 7.48. The zero-order chi connectivity index (χ0) is 13.2. The van der Waals surface area contributed by atoms with E-state index in [9.17, 15) is 5.11 Å². The maximum absolute atomic E-state index is 10.1. The lowest BCUT2D eigenvalue weighted by molar-refractivity contribution is -0.199. The predicted molar refractivity (Wildman–Crippen MR) is 74.0 cm³/mol. The Balaban J connectivity index is 1.90. The molecule has 2 fully saturated rings. The van der Waals surface area contributed by atoms with E-state index in [1.807, 2.05) is 0 Å². The van der Waals surface area contributed by atoms with Gasteiger partial charge in [0.2, 0.25) is 0 Å². The molecule has 0 aromatic carbocycles. The summed E-state index contributed by atoms with van der Waals surface area (Å²) in [7, 11) is -1.32. The molecule has 4 heteroatoms. The molecule has 4 atom stereocenters. The minimum Gasteiger partial charge on any atom is -0.390 e. The van der Waals surface area contributed by atoms with Crippen molar-refractivity contribution in [2.45, 2.75) is 69.7 Å². The Labute approximate surface area is 111 Å². The van der Waals surface area contributed by atoms with Crippen LogP contribution in [0.15, 0.2) is 0 Å². The third-order valence-corrected chi connectivity index (χ3v) is 4.33. The first kappa shape index (κ1) is 14.1. The Morgan fingerprint density at radius 2 is 2.06 bits per heavy atom. The van der Waals surface area contributed by atoms with Gasteiger partial charge in [-0.3, -0.25) is 0 Å². The van der Waals surface area contributed by atoms with Crippen molar-refractivity contribution in [2.75, 3.05) is 6.61 Å². The highest BCUT2D eigenvalue weighted by Gasteiger charge is 2.38. The molecule has 0 spiro atoms. The Kier molecular flexibility index (Phi) is 4.49. The molecule has 2 aliphatic rings. The van der Waals surface area contributed by atoms with Crippen molar-refractivity contribution < 1.29 is 14.6 Å². The zero-order valence-corrected chi connectivity index (χ0v) is 12.6. The molecule has 2 saturated heterocycles. The average molecular weight is 268 g/mol. The molecule has 0 saturated carbocycles. The van der Waals surface area contributed by atoms with Crippen LogP contribution >= 0.6 is 0 Å². The summed E-state index contributed by atoms with van der Waals surface area (Å²) in [5, 5.41) is 10.1. The highest BCUT2D eigenvalue weighted by atomic mass is 28.3. The van der Waals surface area contributed by atoms with Crippen LogP contribution in [0.2, 0.25) is 19.6 Å². The molecule has 0 aromatic heterocycles. The molecule has 1 N–H and O–H groups in total. The number of aliphatic hydroxyl groups is 1. The standard InChI is InChI=1S/C14H24O3Si/c1-18(2,3)9-5-7-12-11(15)10-14-13(17-12)6-4-8-16-14/h11-15H,4,6-8,10H2,1-3H3/t11-,12+,13-,14+/m0/s1. The fourth-order valence-electron chi connectivity index (χ4n) is 2.49. The highest BCUT2D eigenvalue weighted by Crippen LogP contribution is 2.29. The molecule has 102 valence electrons. The number of ether oxygens (including phenoxy) is 2. The smallest absolute Gasteiger partial charge is 0.129 e. The molecular weight excluding hydrogens is 244 g/mol. The van der Waals surface area contributed by atoms with E-state index in [2.05, 4.69) is 31.1 Å². The van der Waals surface area contributed by atoms with E-state index in [0.29, 0.717) is 12.8 Å². The lowest BCUT2D eigenvalue weighted by atomic mass is 9.93. The van der Waals surface area contributed by atoms with E-state index in [4.69, 9.17) is 9.47 Å². The van der Waals surface area contributed by atoms with Gasteiger partial charge in [0.25, 0.3) is 0 Å². The third kappa shape index (κ3) is 3.82. The van der Waals surface area contributed by atoms with Crippen molar-refractivity contribution >= 4 is 8.07 Å². The quantitative estimate of drug-likeness (QED) is 0.583. The van der Waals surface area contributed by atoms with Crippen molar-refractivity contribution in [1.29, 1.82) is 0 Å². The number of aliphatic hydroxyl groups excluding tert-OH is 1. The minimum absolute atomic E-state index is 0.0925. The molecular formula is C14H24O3Si. The van der Waals surface area contributed by atoms with Gasteiger partial charge >= 0.3 is 0 Å². The van der Waals surface area contributed by atoms with Gasteiger partial charge in [0.05, 0.1) is 24.4 Å². The second kappa shape index (κ2) is 5.75. The van der Waals surface area contributed by atoms with Gasteiger partial charge in [-0.25, -0.2) is 0 Å². The van der Waals surface area contributed by atoms with Gasteiger partial charge in [-0.05, 0) is 12.8 Å². The normalized spacial score (nSPS) is 36.4. The summed E-state index contributed by atoms with van der Waals surface area (Å²) >= 11 is 0. The number of hydrogen-bond donors (Lipinski definition) is 1. The maximum Gasteiger partial charge on any atom is 0.129 e. The van der Waals surface area contributed by atoms with E-state index in [0.717, 1.165) is 19.4 Å². The summed E-state index contributed by atoms with van der Waals surface area (Å²) in [4.78, 5) is 0. The van der Waals surface area contributed by atoms with E-state index >= 15 is 0 Å². The van der Waals surface area contributed by atoms with Crippen LogP contribution in [-0.4, -0.2) is 44.2 Å². The van der Waals surface area contributed by atoms with Crippen LogP contribution in [0.3, 0.4) is 0 Å². The molecule has 2 aliphatic heterocycles. The van der Waals surface area contributed by atoms with Crippen molar-refractivity contribution in [1.82, 2.24) is 0 Å². The molecule has 18 heavy (non-hydrogen) atoms.